The maximum Gasteiger partial charge on any atom is 0.333 e. The predicted octanol–water partition coefficient (Wildman–Crippen LogP) is 15.7. The van der Waals surface area contributed by atoms with E-state index in [0.717, 1.165) is 0 Å². The Morgan fingerprint density at radius 2 is 1.09 bits per heavy atom. The average Bonchev–Trinajstić information content (AvgIpc) is 3.99. The SMILES string of the molecule is CC(C)(C)c1ccc(N2B3c4cc5sc6ccccc6c5cc4-n4c5cc6c(cc5c5ccc(c3c54)-c3cc4c(cc32)-c2ccc(C(C)(C)C)cc2C4(C)C)sc2ccccc26)cc1. The average molecular weight is 859 g/mol. The van der Waals surface area contributed by atoms with Gasteiger partial charge in [-0.15, -0.1) is 22.7 Å². The summed E-state index contributed by atoms with van der Waals surface area (Å²) in [5, 5.41) is 7.99. The van der Waals surface area contributed by atoms with E-state index in [-0.39, 0.29) is 23.1 Å². The molecule has 0 atom stereocenters. The van der Waals surface area contributed by atoms with Gasteiger partial charge in [0.1, 0.15) is 0 Å². The van der Waals surface area contributed by atoms with E-state index < -0.39 is 0 Å². The van der Waals surface area contributed by atoms with Crippen molar-refractivity contribution in [1.82, 2.24) is 4.57 Å². The molecule has 64 heavy (non-hydrogen) atoms. The Bertz CT molecular complexity index is 3900. The van der Waals surface area contributed by atoms with Gasteiger partial charge in [0, 0.05) is 79.2 Å². The van der Waals surface area contributed by atoms with E-state index in [0.29, 0.717) is 0 Å². The minimum absolute atomic E-state index is 0.0450. The molecular weight excluding hydrogens is 812 g/mol. The van der Waals surface area contributed by atoms with Crippen LogP contribution in [-0.2, 0) is 16.2 Å². The molecule has 3 aliphatic rings. The molecule has 5 heteroatoms. The Labute approximate surface area is 382 Å². The molecule has 0 fully saturated rings. The lowest BCUT2D eigenvalue weighted by atomic mass is 9.44. The first kappa shape index (κ1) is 37.3. The summed E-state index contributed by atoms with van der Waals surface area (Å²) in [5.41, 5.74) is 20.1. The second-order valence-electron chi connectivity index (χ2n) is 21.3. The molecule has 0 saturated carbocycles. The number of anilines is 2. The van der Waals surface area contributed by atoms with Gasteiger partial charge in [-0.05, 0) is 121 Å². The van der Waals surface area contributed by atoms with Crippen molar-refractivity contribution in [3.8, 4) is 27.9 Å². The van der Waals surface area contributed by atoms with Crippen molar-refractivity contribution >= 4 is 114 Å². The van der Waals surface area contributed by atoms with Crippen LogP contribution < -0.4 is 15.7 Å². The molecule has 0 spiro atoms. The Kier molecular flexibility index (Phi) is 7.07. The standard InChI is InChI=1S/C59H47BN2S2/c1-57(2,3)32-17-20-34(21-18-32)62-49-27-40-35-22-19-33(58(4,5)6)25-45(35)59(7,8)46(40)26-41(49)38-23-24-39-42-30-53-43(36-13-9-11-15-51(36)63-53)28-48(42)61-50-29-44-37-14-10-12-16-52(37)64-54(44)31-47(50)60(62)55(38)56(39)61/h9-31H,1-8H3. The van der Waals surface area contributed by atoms with Crippen LogP contribution in [0.25, 0.3) is 90.1 Å². The van der Waals surface area contributed by atoms with Crippen molar-refractivity contribution in [2.24, 2.45) is 0 Å². The first-order valence-electron chi connectivity index (χ1n) is 22.9. The van der Waals surface area contributed by atoms with Crippen LogP contribution in [0.5, 0.6) is 0 Å². The maximum absolute atomic E-state index is 2.73. The van der Waals surface area contributed by atoms with E-state index in [1.165, 1.54) is 135 Å². The number of rotatable bonds is 1. The summed E-state index contributed by atoms with van der Waals surface area (Å²) in [4.78, 5) is 2.73. The molecular formula is C59H47BN2S2. The molecule has 0 radical (unpaired) electrons. The lowest BCUT2D eigenvalue weighted by Crippen LogP contribution is -2.60. The van der Waals surface area contributed by atoms with Gasteiger partial charge in [0.15, 0.2) is 0 Å². The Morgan fingerprint density at radius 1 is 0.469 bits per heavy atom. The highest BCUT2D eigenvalue weighted by atomic mass is 32.1. The van der Waals surface area contributed by atoms with E-state index in [4.69, 9.17) is 0 Å². The van der Waals surface area contributed by atoms with Crippen molar-refractivity contribution in [3.05, 3.63) is 162 Å². The number of benzene rings is 8. The molecule has 0 bridgehead atoms. The minimum atomic E-state index is -0.152. The molecule has 0 N–H and O–H groups in total. The third-order valence-corrected chi connectivity index (χ3v) is 17.5. The van der Waals surface area contributed by atoms with Gasteiger partial charge in [0.05, 0.1) is 11.0 Å². The summed E-state index contributed by atoms with van der Waals surface area (Å²) in [7, 11) is 0. The predicted molar refractivity (Wildman–Crippen MR) is 281 cm³/mol. The lowest BCUT2D eigenvalue weighted by molar-refractivity contribution is 0.584. The quantitative estimate of drug-likeness (QED) is 0.149. The van der Waals surface area contributed by atoms with Crippen LogP contribution in [0.4, 0.5) is 11.4 Å². The molecule has 308 valence electrons. The molecule has 8 aromatic carbocycles. The summed E-state index contributed by atoms with van der Waals surface area (Å²) >= 11 is 3.84. The molecule has 2 nitrogen and oxygen atoms in total. The van der Waals surface area contributed by atoms with Crippen molar-refractivity contribution in [1.29, 1.82) is 0 Å². The van der Waals surface area contributed by atoms with Gasteiger partial charge in [-0.1, -0.05) is 134 Å². The maximum atomic E-state index is 2.73. The highest BCUT2D eigenvalue weighted by Gasteiger charge is 2.46. The van der Waals surface area contributed by atoms with Gasteiger partial charge in [0.2, 0.25) is 0 Å². The van der Waals surface area contributed by atoms with Crippen LogP contribution in [-0.4, -0.2) is 11.4 Å². The summed E-state index contributed by atoms with van der Waals surface area (Å²) in [6.07, 6.45) is 0. The van der Waals surface area contributed by atoms with Crippen LogP contribution in [0.2, 0.25) is 0 Å². The summed E-state index contributed by atoms with van der Waals surface area (Å²) < 4.78 is 8.03. The Balaban J connectivity index is 1.14. The van der Waals surface area contributed by atoms with Crippen LogP contribution in [0.3, 0.4) is 0 Å². The number of thiophene rings is 2. The smallest absolute Gasteiger partial charge is 0.333 e. The third-order valence-electron chi connectivity index (χ3n) is 15.3. The van der Waals surface area contributed by atoms with Gasteiger partial charge >= 0.3 is 6.85 Å². The van der Waals surface area contributed by atoms with E-state index in [1.54, 1.807) is 0 Å². The number of aromatic nitrogens is 1. The molecule has 5 heterocycles. The van der Waals surface area contributed by atoms with E-state index >= 15 is 0 Å². The van der Waals surface area contributed by atoms with Gasteiger partial charge in [-0.3, -0.25) is 0 Å². The number of hydrogen-bond acceptors (Lipinski definition) is 3. The molecule has 0 saturated heterocycles. The fourth-order valence-corrected chi connectivity index (χ4v) is 14.2. The topological polar surface area (TPSA) is 8.17 Å². The highest BCUT2D eigenvalue weighted by molar-refractivity contribution is 7.26. The number of fused-ring (bicyclic) bond motifs is 17. The van der Waals surface area contributed by atoms with Crippen molar-refractivity contribution in [2.45, 2.75) is 71.6 Å². The number of hydrogen-bond donors (Lipinski definition) is 0. The van der Waals surface area contributed by atoms with E-state index in [9.17, 15) is 0 Å². The van der Waals surface area contributed by atoms with E-state index in [1.807, 2.05) is 22.7 Å². The minimum Gasteiger partial charge on any atom is -0.376 e. The van der Waals surface area contributed by atoms with Crippen molar-refractivity contribution < 1.29 is 0 Å². The molecule has 1 aliphatic carbocycles. The van der Waals surface area contributed by atoms with Crippen LogP contribution >= 0.6 is 22.7 Å². The molecule has 2 aliphatic heterocycles. The van der Waals surface area contributed by atoms with Gasteiger partial charge < -0.3 is 9.38 Å². The monoisotopic (exact) mass is 858 g/mol. The zero-order valence-electron chi connectivity index (χ0n) is 37.6. The third kappa shape index (κ3) is 4.76. The normalized spacial score (nSPS) is 14.9. The summed E-state index contributed by atoms with van der Waals surface area (Å²) in [6, 6.07) is 54.9. The largest absolute Gasteiger partial charge is 0.376 e. The van der Waals surface area contributed by atoms with Crippen LogP contribution in [0, 0.1) is 0 Å². The van der Waals surface area contributed by atoms with Crippen LogP contribution in [0.1, 0.15) is 77.6 Å². The molecule has 3 aromatic heterocycles. The van der Waals surface area contributed by atoms with Crippen molar-refractivity contribution in [3.63, 3.8) is 0 Å². The van der Waals surface area contributed by atoms with Gasteiger partial charge in [-0.25, -0.2) is 0 Å². The summed E-state index contributed by atoms with van der Waals surface area (Å²) in [5.74, 6) is 0. The van der Waals surface area contributed by atoms with Crippen molar-refractivity contribution in [2.75, 3.05) is 4.81 Å². The van der Waals surface area contributed by atoms with E-state index in [2.05, 4.69) is 204 Å². The second kappa shape index (κ2) is 12.1. The van der Waals surface area contributed by atoms with Gasteiger partial charge in [-0.2, -0.15) is 0 Å². The molecule has 0 unspecified atom stereocenters. The highest BCUT2D eigenvalue weighted by Crippen LogP contribution is 2.55. The first-order chi connectivity index (χ1) is 30.7. The Hall–Kier alpha value is -6.14. The van der Waals surface area contributed by atoms with Crippen LogP contribution in [0.15, 0.2) is 140 Å². The number of nitrogens with zero attached hydrogens (tertiary/aromatic N) is 2. The molecule has 14 rings (SSSR count). The molecule has 11 aromatic rings. The zero-order chi connectivity index (χ0) is 43.3. The second-order valence-corrected chi connectivity index (χ2v) is 23.5. The first-order valence-corrected chi connectivity index (χ1v) is 24.5. The zero-order valence-corrected chi connectivity index (χ0v) is 39.2. The fourth-order valence-electron chi connectivity index (χ4n) is 11.9. The molecule has 0 amide bonds. The Morgan fingerprint density at radius 3 is 1.80 bits per heavy atom. The lowest BCUT2D eigenvalue weighted by Gasteiger charge is -2.42. The van der Waals surface area contributed by atoms with Gasteiger partial charge in [0.25, 0.3) is 0 Å². The fraction of sp³-hybridized carbons (Fsp3) is 0.186. The summed E-state index contributed by atoms with van der Waals surface area (Å²) in [6.45, 7) is 18.8.